The van der Waals surface area contributed by atoms with Gasteiger partial charge < -0.3 is 24.7 Å². The Labute approximate surface area is 186 Å². The Morgan fingerprint density at radius 1 is 1.25 bits per heavy atom. The van der Waals surface area contributed by atoms with Gasteiger partial charge in [0.05, 0.1) is 30.7 Å². The van der Waals surface area contributed by atoms with E-state index < -0.39 is 0 Å². The Morgan fingerprint density at radius 3 is 2.91 bits per heavy atom. The van der Waals surface area contributed by atoms with E-state index in [2.05, 4.69) is 15.3 Å². The lowest BCUT2D eigenvalue weighted by molar-refractivity contribution is -0.125. The van der Waals surface area contributed by atoms with Gasteiger partial charge in [-0.3, -0.25) is 9.59 Å². The highest BCUT2D eigenvalue weighted by Gasteiger charge is 2.28. The molecule has 2 heterocycles. The van der Waals surface area contributed by atoms with Crippen LogP contribution < -0.4 is 25.2 Å². The number of aromatic amines is 1. The first-order valence-corrected chi connectivity index (χ1v) is 10.9. The van der Waals surface area contributed by atoms with E-state index in [1.54, 1.807) is 7.11 Å². The van der Waals surface area contributed by atoms with Gasteiger partial charge in [0.1, 0.15) is 0 Å². The van der Waals surface area contributed by atoms with Crippen molar-refractivity contribution < 1.29 is 14.3 Å². The first kappa shape index (κ1) is 21.7. The summed E-state index contributed by atoms with van der Waals surface area (Å²) in [6, 6.07) is 13.1. The summed E-state index contributed by atoms with van der Waals surface area (Å²) in [7, 11) is 1.60. The first-order valence-electron chi connectivity index (χ1n) is 10.9. The standard InChI is InChI=1S/C24H28N4O4/c1-3-32-21-13-16(10-11-20(21)31-2)14-25-23(29)17-7-6-12-28(15-17)22-24(30)27-19-9-5-4-8-18(19)26-22/h4-5,8-11,13,17H,3,6-7,12,14-15H2,1-2H3,(H,25,29)(H,27,30). The number of piperidine rings is 1. The maximum Gasteiger partial charge on any atom is 0.291 e. The molecule has 1 aliphatic heterocycles. The molecule has 1 aliphatic rings. The third kappa shape index (κ3) is 4.69. The molecule has 1 fully saturated rings. The maximum absolute atomic E-state index is 12.9. The number of para-hydroxylation sites is 2. The van der Waals surface area contributed by atoms with Crippen molar-refractivity contribution in [1.82, 2.24) is 15.3 Å². The SMILES string of the molecule is CCOc1cc(CNC(=O)C2CCCN(c3nc4ccccc4[nH]c3=O)C2)ccc1OC. The molecule has 0 bridgehead atoms. The van der Waals surface area contributed by atoms with E-state index in [1.807, 2.05) is 54.3 Å². The summed E-state index contributed by atoms with van der Waals surface area (Å²) < 4.78 is 10.9. The number of nitrogens with zero attached hydrogens (tertiary/aromatic N) is 2. The third-order valence-electron chi connectivity index (χ3n) is 5.67. The van der Waals surface area contributed by atoms with Crippen LogP contribution in [0.25, 0.3) is 11.0 Å². The molecule has 0 saturated carbocycles. The number of carbonyl (C=O) groups excluding carboxylic acids is 1. The molecule has 8 nitrogen and oxygen atoms in total. The Morgan fingerprint density at radius 2 is 2.09 bits per heavy atom. The van der Waals surface area contributed by atoms with Crippen LogP contribution >= 0.6 is 0 Å². The number of amides is 1. The average molecular weight is 437 g/mol. The van der Waals surface area contributed by atoms with Crippen LogP contribution in [0.4, 0.5) is 5.82 Å². The molecule has 1 amide bonds. The van der Waals surface area contributed by atoms with E-state index in [0.29, 0.717) is 49.1 Å². The maximum atomic E-state index is 12.9. The van der Waals surface area contributed by atoms with Gasteiger partial charge in [0.2, 0.25) is 5.91 Å². The summed E-state index contributed by atoms with van der Waals surface area (Å²) in [5.74, 6) is 1.46. The van der Waals surface area contributed by atoms with Crippen LogP contribution in [-0.2, 0) is 11.3 Å². The second-order valence-electron chi connectivity index (χ2n) is 7.83. The summed E-state index contributed by atoms with van der Waals surface area (Å²) in [4.78, 5) is 34.8. The highest BCUT2D eigenvalue weighted by atomic mass is 16.5. The second-order valence-corrected chi connectivity index (χ2v) is 7.83. The van der Waals surface area contributed by atoms with E-state index >= 15 is 0 Å². The van der Waals surface area contributed by atoms with E-state index in [1.165, 1.54) is 0 Å². The lowest BCUT2D eigenvalue weighted by Gasteiger charge is -2.32. The van der Waals surface area contributed by atoms with Crippen LogP contribution in [0.2, 0.25) is 0 Å². The molecule has 0 radical (unpaired) electrons. The number of aromatic nitrogens is 2. The van der Waals surface area contributed by atoms with Gasteiger partial charge in [0.15, 0.2) is 17.3 Å². The van der Waals surface area contributed by atoms with Crippen molar-refractivity contribution in [2.45, 2.75) is 26.3 Å². The minimum Gasteiger partial charge on any atom is -0.493 e. The zero-order valence-corrected chi connectivity index (χ0v) is 18.4. The smallest absolute Gasteiger partial charge is 0.291 e. The van der Waals surface area contributed by atoms with Gasteiger partial charge >= 0.3 is 0 Å². The number of fused-ring (bicyclic) bond motifs is 1. The van der Waals surface area contributed by atoms with Crippen LogP contribution in [0.3, 0.4) is 0 Å². The second kappa shape index (κ2) is 9.72. The topological polar surface area (TPSA) is 96.5 Å². The molecular weight excluding hydrogens is 408 g/mol. The number of nitrogens with one attached hydrogen (secondary N) is 2. The van der Waals surface area contributed by atoms with Crippen molar-refractivity contribution in [3.8, 4) is 11.5 Å². The Bertz CT molecular complexity index is 1160. The van der Waals surface area contributed by atoms with Crippen LogP contribution in [0.1, 0.15) is 25.3 Å². The van der Waals surface area contributed by atoms with Gasteiger partial charge in [-0.2, -0.15) is 0 Å². The lowest BCUT2D eigenvalue weighted by Crippen LogP contribution is -2.44. The molecule has 2 aromatic carbocycles. The number of hydrogen-bond donors (Lipinski definition) is 2. The van der Waals surface area contributed by atoms with Crippen LogP contribution in [0.5, 0.6) is 11.5 Å². The van der Waals surface area contributed by atoms with Crippen LogP contribution in [0.15, 0.2) is 47.3 Å². The monoisotopic (exact) mass is 436 g/mol. The number of rotatable bonds is 7. The van der Waals surface area contributed by atoms with Crippen LogP contribution in [-0.4, -0.2) is 42.7 Å². The number of hydrogen-bond acceptors (Lipinski definition) is 6. The molecule has 1 saturated heterocycles. The van der Waals surface area contributed by atoms with Gasteiger partial charge in [-0.1, -0.05) is 18.2 Å². The molecule has 4 rings (SSSR count). The number of carbonyl (C=O) groups is 1. The van der Waals surface area contributed by atoms with Gasteiger partial charge in [-0.15, -0.1) is 0 Å². The minimum absolute atomic E-state index is 0.0271. The highest BCUT2D eigenvalue weighted by molar-refractivity contribution is 5.80. The van der Waals surface area contributed by atoms with Crippen molar-refractivity contribution in [2.75, 3.05) is 31.7 Å². The van der Waals surface area contributed by atoms with Gasteiger partial charge in [0.25, 0.3) is 5.56 Å². The zero-order valence-electron chi connectivity index (χ0n) is 18.4. The van der Waals surface area contributed by atoms with Crippen molar-refractivity contribution in [3.63, 3.8) is 0 Å². The highest BCUT2D eigenvalue weighted by Crippen LogP contribution is 2.28. The number of anilines is 1. The molecule has 0 aliphatic carbocycles. The van der Waals surface area contributed by atoms with E-state index in [4.69, 9.17) is 9.47 Å². The predicted octanol–water partition coefficient (Wildman–Crippen LogP) is 2.86. The van der Waals surface area contributed by atoms with Crippen molar-refractivity contribution in [3.05, 3.63) is 58.4 Å². The van der Waals surface area contributed by atoms with Crippen molar-refractivity contribution in [1.29, 1.82) is 0 Å². The summed E-state index contributed by atoms with van der Waals surface area (Å²) >= 11 is 0. The van der Waals surface area contributed by atoms with Crippen molar-refractivity contribution in [2.24, 2.45) is 5.92 Å². The fourth-order valence-electron chi connectivity index (χ4n) is 4.05. The molecular formula is C24H28N4O4. The van der Waals surface area contributed by atoms with Gasteiger partial charge in [0, 0.05) is 19.6 Å². The van der Waals surface area contributed by atoms with E-state index in [0.717, 1.165) is 23.9 Å². The van der Waals surface area contributed by atoms with Gasteiger partial charge in [-0.05, 0) is 49.6 Å². The Kier molecular flexibility index (Phi) is 6.58. The molecule has 1 aromatic heterocycles. The quantitative estimate of drug-likeness (QED) is 0.591. The molecule has 32 heavy (non-hydrogen) atoms. The largest absolute Gasteiger partial charge is 0.493 e. The molecule has 8 heteroatoms. The molecule has 1 atom stereocenters. The molecule has 1 unspecified atom stereocenters. The number of H-pyrrole nitrogens is 1. The fraction of sp³-hybridized carbons (Fsp3) is 0.375. The molecule has 2 N–H and O–H groups in total. The molecule has 3 aromatic rings. The molecule has 168 valence electrons. The third-order valence-corrected chi connectivity index (χ3v) is 5.67. The van der Waals surface area contributed by atoms with Crippen LogP contribution in [0, 0.1) is 5.92 Å². The normalized spacial score (nSPS) is 16.1. The Hall–Kier alpha value is -3.55. The minimum atomic E-state index is -0.230. The van der Waals surface area contributed by atoms with E-state index in [9.17, 15) is 9.59 Å². The molecule has 0 spiro atoms. The van der Waals surface area contributed by atoms with E-state index in [-0.39, 0.29) is 17.4 Å². The average Bonchev–Trinajstić information content (AvgIpc) is 2.82. The number of methoxy groups -OCH3 is 1. The summed E-state index contributed by atoms with van der Waals surface area (Å²) in [5, 5.41) is 3.02. The predicted molar refractivity (Wildman–Crippen MR) is 123 cm³/mol. The van der Waals surface area contributed by atoms with Crippen molar-refractivity contribution >= 4 is 22.8 Å². The van der Waals surface area contributed by atoms with Gasteiger partial charge in [-0.25, -0.2) is 4.98 Å². The summed E-state index contributed by atoms with van der Waals surface area (Å²) in [6.45, 7) is 4.01. The summed E-state index contributed by atoms with van der Waals surface area (Å²) in [6.07, 6.45) is 1.60. The fourth-order valence-corrected chi connectivity index (χ4v) is 4.05. The number of benzene rings is 2. The zero-order chi connectivity index (χ0) is 22.5. The first-order chi connectivity index (χ1) is 15.6. The number of ether oxygens (including phenoxy) is 2. The Balaban J connectivity index is 1.42. The summed E-state index contributed by atoms with van der Waals surface area (Å²) in [5.41, 5.74) is 2.14. The lowest BCUT2D eigenvalue weighted by atomic mass is 9.97.